The summed E-state index contributed by atoms with van der Waals surface area (Å²) in [6.45, 7) is -0.935. The van der Waals surface area contributed by atoms with Gasteiger partial charge in [-0.1, -0.05) is 60.7 Å². The molecule has 4 saturated heterocycles. The summed E-state index contributed by atoms with van der Waals surface area (Å²) in [6, 6.07) is 17.2. The summed E-state index contributed by atoms with van der Waals surface area (Å²) in [5.41, 5.74) is 19.1. The summed E-state index contributed by atoms with van der Waals surface area (Å²) < 4.78 is 36.2. The van der Waals surface area contributed by atoms with Gasteiger partial charge in [-0.3, -0.25) is 30.8 Å². The third-order valence-electron chi connectivity index (χ3n) is 24.5. The Labute approximate surface area is 578 Å². The first-order valence-corrected chi connectivity index (χ1v) is 35.7. The number of carbonyl (C=O) groups is 4. The number of nitrogens with two attached hydrogens (primary N) is 2. The van der Waals surface area contributed by atoms with Crippen LogP contribution in [0.1, 0.15) is 140 Å². The van der Waals surface area contributed by atoms with Crippen LogP contribution < -0.4 is 57.7 Å². The highest BCUT2D eigenvalue weighted by Gasteiger charge is 2.63. The molecule has 1 amide bonds. The van der Waals surface area contributed by atoms with E-state index in [0.29, 0.717) is 47.9 Å². The topological polar surface area (TPSA) is 363 Å². The molecule has 4 aromatic carbocycles. The van der Waals surface area contributed by atoms with Gasteiger partial charge in [0.1, 0.15) is 55.5 Å². The van der Waals surface area contributed by atoms with Gasteiger partial charge in [0.15, 0.2) is 28.7 Å². The van der Waals surface area contributed by atoms with Crippen molar-refractivity contribution in [1.29, 1.82) is 0 Å². The lowest BCUT2D eigenvalue weighted by Gasteiger charge is -2.55. The van der Waals surface area contributed by atoms with Gasteiger partial charge in [-0.05, 0) is 157 Å². The molecule has 17 rings (SSSR count). The molecule has 100 heavy (non-hydrogen) atoms. The summed E-state index contributed by atoms with van der Waals surface area (Å²) in [6.07, 6.45) is -3.98. The number of nitrogens with zero attached hydrogens (tertiary/aromatic N) is 1. The number of dihydropyridines is 1. The molecule has 0 radical (unpaired) electrons. The van der Waals surface area contributed by atoms with Gasteiger partial charge in [0.2, 0.25) is 12.2 Å². The first kappa shape index (κ1) is 65.9. The second kappa shape index (κ2) is 25.5. The van der Waals surface area contributed by atoms with Gasteiger partial charge in [-0.2, -0.15) is 0 Å². The highest BCUT2D eigenvalue weighted by molar-refractivity contribution is 6.29. The van der Waals surface area contributed by atoms with Crippen molar-refractivity contribution < 1.29 is 73.5 Å². The Kier molecular flexibility index (Phi) is 16.8. The van der Waals surface area contributed by atoms with E-state index in [-0.39, 0.29) is 128 Å². The number of anilines is 1. The van der Waals surface area contributed by atoms with E-state index < -0.39 is 115 Å². The van der Waals surface area contributed by atoms with Gasteiger partial charge in [0.25, 0.3) is 0 Å². The minimum absolute atomic E-state index is 0.0423. The highest BCUT2D eigenvalue weighted by atomic mass is 16.7. The number of ether oxygens (including phenoxy) is 5. The smallest absolute Gasteiger partial charge is 0.242 e. The van der Waals surface area contributed by atoms with Crippen molar-refractivity contribution >= 4 is 29.4 Å². The molecule has 9 bridgehead atoms. The van der Waals surface area contributed by atoms with E-state index in [1.165, 1.54) is 17.7 Å². The number of aliphatic hydroxyl groups is 6. The molecule has 0 unspecified atom stereocenters. The SMILES string of the molecule is CNCc1cc2cc3c1[C@H]1CC[C@@H]4C[C@H]5CCC[C@H]5N[C@@H]5C6=C(N)NCC=C6[C@@](CO[C@@H]6[C@H]7Oc8c(cc9c(c8OC[C@H](O)CC=O)C(=O)c8cc(CO)ccc8C9=O)[C@@H](c8ccccc8N8CN[C@H]9C(=O)N[C@@H](N)N[C@H]98)[C@H]8CC[C@@H](O)[C@H](C#C[C@](O)([C@H](COC8)O7)[C@H]6O)C2)(C1=C45)[C@H](O)C3. The molecular formula is C76H87N9O15. The Morgan fingerprint density at radius 1 is 0.940 bits per heavy atom. The first-order chi connectivity index (χ1) is 48.5. The van der Waals surface area contributed by atoms with Crippen LogP contribution >= 0.6 is 0 Å². The molecule has 8 heterocycles. The van der Waals surface area contributed by atoms with Gasteiger partial charge < -0.3 is 91.0 Å². The van der Waals surface area contributed by atoms with Crippen LogP contribution in [-0.4, -0.2) is 180 Å². The molecular weight excluding hydrogens is 1280 g/mol. The maximum Gasteiger partial charge on any atom is 0.242 e. The van der Waals surface area contributed by atoms with E-state index in [1.54, 1.807) is 12.1 Å². The lowest BCUT2D eigenvalue weighted by atomic mass is 9.53. The Bertz CT molecular complexity index is 4220. The predicted octanol–water partition coefficient (Wildman–Crippen LogP) is 1.35. The number of nitrogens with one attached hydrogen (secondary N) is 6. The molecule has 1 spiro atoms. The maximum atomic E-state index is 15.8. The zero-order chi connectivity index (χ0) is 68.8. The van der Waals surface area contributed by atoms with E-state index in [1.807, 2.05) is 36.2 Å². The van der Waals surface area contributed by atoms with Crippen LogP contribution in [0.2, 0.25) is 0 Å². The van der Waals surface area contributed by atoms with Crippen molar-refractivity contribution in [1.82, 2.24) is 31.9 Å². The molecule has 0 aromatic heterocycles. The van der Waals surface area contributed by atoms with Crippen LogP contribution in [0.4, 0.5) is 5.69 Å². The van der Waals surface area contributed by atoms with Crippen LogP contribution in [0.15, 0.2) is 94.9 Å². The summed E-state index contributed by atoms with van der Waals surface area (Å²) >= 11 is 0. The summed E-state index contributed by atoms with van der Waals surface area (Å²) in [4.78, 5) is 59.4. The van der Waals surface area contributed by atoms with Crippen molar-refractivity contribution in [3.8, 4) is 23.3 Å². The second-order valence-electron chi connectivity index (χ2n) is 29.9. The average molecular weight is 1370 g/mol. The molecule has 4 aromatic rings. The molecule has 13 aliphatic rings. The number of fused-ring (bicyclic) bond motifs is 17. The van der Waals surface area contributed by atoms with Crippen LogP contribution in [0.3, 0.4) is 0 Å². The van der Waals surface area contributed by atoms with E-state index in [0.717, 1.165) is 77.5 Å². The van der Waals surface area contributed by atoms with Crippen LogP contribution in [0.5, 0.6) is 11.5 Å². The first-order valence-electron chi connectivity index (χ1n) is 35.7. The van der Waals surface area contributed by atoms with Gasteiger partial charge in [0, 0.05) is 70.9 Å². The van der Waals surface area contributed by atoms with Crippen molar-refractivity contribution in [3.05, 3.63) is 156 Å². The van der Waals surface area contributed by atoms with E-state index >= 15 is 9.59 Å². The minimum atomic E-state index is -2.55. The van der Waals surface area contributed by atoms with Crippen molar-refractivity contribution in [2.75, 3.05) is 51.6 Å². The Hall–Kier alpha value is -7.42. The van der Waals surface area contributed by atoms with Crippen LogP contribution in [-0.2, 0) is 49.8 Å². The molecule has 20 atom stereocenters. The second-order valence-corrected chi connectivity index (χ2v) is 29.9. The monoisotopic (exact) mass is 1370 g/mol. The zero-order valence-electron chi connectivity index (χ0n) is 55.7. The summed E-state index contributed by atoms with van der Waals surface area (Å²) in [7, 11) is 1.93. The van der Waals surface area contributed by atoms with Crippen molar-refractivity contribution in [3.63, 3.8) is 0 Å². The molecule has 526 valence electrons. The third kappa shape index (κ3) is 10.4. The molecule has 5 fully saturated rings. The standard InChI is InChI=1S/C76H87N9O15/c1-79-28-42-23-36-21-38-15-18-76(95)55-32-96-30-40(11-14-53(38)89)57(45-6-2-3-8-52(45)85-34-81-63-71(85)83-74(78)84-72(63)94)49-27-48-59(65(92)47-24-35(29-87)9-12-44(47)64(48)91)67(97-31-43(88)17-20-86)66(49)100-73(99-55)68(69(76)93)98-33-75-50-16-19-80-70(77)60(50)62-58-39(25-37-5-4-7-51(37)82-62)10-13-46(61(58)75)56(42)41(22-36)26-54(75)90/h2-3,6,8-9,12,16,20,22-24,27,37-40,43,46,51,53-55,57,62-63,68-69,71,73-74,79-83,87-90,93,95H,4-5,7,10-11,13-14,17,19,21,25-26,28-34,77-78H2,1H3,(H,84,94)/t37-,38-,39-,40+,43-,46-,51-,53-,54-,55+,57-,62+,63-,68+,69+,71+,73-,74+,75-,76+/m1/s1. The Morgan fingerprint density at radius 2 is 1.80 bits per heavy atom. The van der Waals surface area contributed by atoms with E-state index in [9.17, 15) is 40.2 Å². The number of ketones is 2. The number of aliphatic hydroxyl groups excluding tert-OH is 5. The zero-order valence-corrected chi connectivity index (χ0v) is 55.7. The number of benzene rings is 4. The molecule has 24 heteroatoms. The van der Waals surface area contributed by atoms with Crippen molar-refractivity contribution in [2.45, 2.75) is 175 Å². The summed E-state index contributed by atoms with van der Waals surface area (Å²) in [5, 5.41) is 97.8. The normalized spacial score (nSPS) is 36.2. The molecule has 1 saturated carbocycles. The Morgan fingerprint density at radius 3 is 2.64 bits per heavy atom. The van der Waals surface area contributed by atoms with Gasteiger partial charge >= 0.3 is 0 Å². The van der Waals surface area contributed by atoms with Crippen molar-refractivity contribution in [2.24, 2.45) is 40.6 Å². The lowest BCUT2D eigenvalue weighted by molar-refractivity contribution is -0.311. The third-order valence-corrected chi connectivity index (χ3v) is 24.5. The number of amides is 1. The van der Waals surface area contributed by atoms with Gasteiger partial charge in [-0.25, -0.2) is 0 Å². The largest absolute Gasteiger partial charge is 0.486 e. The molecule has 5 aliphatic carbocycles. The summed E-state index contributed by atoms with van der Waals surface area (Å²) in [5.74, 6) is 2.42. The fourth-order valence-electron chi connectivity index (χ4n) is 20.0. The Balaban J connectivity index is 0.935. The van der Waals surface area contributed by atoms with E-state index in [4.69, 9.17) is 35.2 Å². The number of carbonyl (C=O) groups excluding carboxylic acids is 4. The van der Waals surface area contributed by atoms with Gasteiger partial charge in [-0.15, -0.1) is 0 Å². The number of rotatable bonds is 10. The predicted molar refractivity (Wildman–Crippen MR) is 362 cm³/mol. The maximum absolute atomic E-state index is 15.8. The van der Waals surface area contributed by atoms with Crippen LogP contribution in [0, 0.1) is 40.9 Å². The molecule has 16 N–H and O–H groups in total. The van der Waals surface area contributed by atoms with Crippen LogP contribution in [0.25, 0.3) is 0 Å². The number of para-hydroxylation sites is 1. The molecule has 8 aliphatic heterocycles. The highest BCUT2D eigenvalue weighted by Crippen LogP contribution is 2.65. The number of hydrogen-bond donors (Lipinski definition) is 14. The average Bonchev–Trinajstić information content (AvgIpc) is 1.37. The number of aldehydes is 1. The number of hydrogen-bond acceptors (Lipinski definition) is 23. The lowest BCUT2D eigenvalue weighted by Crippen LogP contribution is -2.70. The van der Waals surface area contributed by atoms with Gasteiger partial charge in [0.05, 0.1) is 74.3 Å². The fourth-order valence-corrected chi connectivity index (χ4v) is 20.0. The van der Waals surface area contributed by atoms with E-state index in [2.05, 4.69) is 62.0 Å². The fraction of sp³-hybridized carbons (Fsp3) is 0.526. The quantitative estimate of drug-likeness (QED) is 0.0533. The molecule has 24 nitrogen and oxygen atoms in total. The minimum Gasteiger partial charge on any atom is -0.486 e.